The first-order valence-electron chi connectivity index (χ1n) is 11.0. The van der Waals surface area contributed by atoms with Crippen LogP contribution in [0.15, 0.2) is 83.9 Å². The fraction of sp³-hybridized carbons (Fsp3) is 0.192. The quantitative estimate of drug-likeness (QED) is 0.380. The van der Waals surface area contributed by atoms with Gasteiger partial charge < -0.3 is 10.1 Å². The number of aliphatic imine (C=N–C) groups is 1. The highest BCUT2D eigenvalue weighted by Crippen LogP contribution is 2.36. The number of carbonyl (C=O) groups is 2. The third-order valence-electron chi connectivity index (χ3n) is 5.48. The second-order valence-corrected chi connectivity index (χ2v) is 9.87. The van der Waals surface area contributed by atoms with Crippen LogP contribution in [0.25, 0.3) is 0 Å². The molecule has 1 aliphatic rings. The number of hydrogen-bond acceptors (Lipinski definition) is 6. The molecule has 3 aromatic carbocycles. The normalized spacial score (nSPS) is 15.3. The molecule has 1 unspecified atom stereocenters. The number of nitrogens with one attached hydrogen (secondary N) is 1. The van der Waals surface area contributed by atoms with E-state index in [1.807, 2.05) is 54.6 Å². The molecule has 0 saturated carbocycles. The number of hydrogen-bond donors (Lipinski definition) is 1. The number of fused-ring (bicyclic) bond motifs is 1. The van der Waals surface area contributed by atoms with Crippen molar-refractivity contribution in [3.8, 4) is 0 Å². The van der Waals surface area contributed by atoms with Crippen molar-refractivity contribution in [3.63, 3.8) is 0 Å². The number of carbonyl (C=O) groups excluding carboxylic acids is 2. The molecule has 1 atom stereocenters. The maximum absolute atomic E-state index is 13.0. The van der Waals surface area contributed by atoms with E-state index in [0.717, 1.165) is 27.4 Å². The zero-order valence-corrected chi connectivity index (χ0v) is 20.2. The summed E-state index contributed by atoms with van der Waals surface area (Å²) in [5.74, 6) is -1.48. The van der Waals surface area contributed by atoms with Crippen molar-refractivity contribution in [2.24, 2.45) is 4.99 Å². The number of anilines is 2. The summed E-state index contributed by atoms with van der Waals surface area (Å²) < 4.78 is 30.8. The lowest BCUT2D eigenvalue weighted by Gasteiger charge is -2.21. The van der Waals surface area contributed by atoms with Crippen LogP contribution in [0.3, 0.4) is 0 Å². The van der Waals surface area contributed by atoms with Crippen LogP contribution >= 0.6 is 0 Å². The van der Waals surface area contributed by atoms with Gasteiger partial charge in [0.15, 0.2) is 0 Å². The molecule has 9 heteroatoms. The molecule has 1 amide bonds. The number of sulfonamides is 1. The van der Waals surface area contributed by atoms with Crippen LogP contribution in [-0.2, 0) is 24.3 Å². The number of para-hydroxylation sites is 1. The Labute approximate surface area is 204 Å². The number of amides is 1. The van der Waals surface area contributed by atoms with Crippen LogP contribution in [0.1, 0.15) is 24.0 Å². The summed E-state index contributed by atoms with van der Waals surface area (Å²) in [6.07, 6.45) is 1.03. The summed E-state index contributed by atoms with van der Waals surface area (Å²) in [6, 6.07) is 23.3. The Kier molecular flexibility index (Phi) is 6.97. The van der Waals surface area contributed by atoms with Gasteiger partial charge >= 0.3 is 5.97 Å². The van der Waals surface area contributed by atoms with Gasteiger partial charge in [-0.2, -0.15) is 0 Å². The Morgan fingerprint density at radius 3 is 2.46 bits per heavy atom. The van der Waals surface area contributed by atoms with E-state index < -0.39 is 28.5 Å². The zero-order valence-electron chi connectivity index (χ0n) is 19.3. The fourth-order valence-corrected chi connectivity index (χ4v) is 4.80. The second-order valence-electron chi connectivity index (χ2n) is 7.97. The Balaban J connectivity index is 1.80. The van der Waals surface area contributed by atoms with Crippen molar-refractivity contribution in [2.45, 2.75) is 12.8 Å². The molecule has 3 aromatic rings. The van der Waals surface area contributed by atoms with E-state index in [-0.39, 0.29) is 18.2 Å². The molecular formula is C26H25N3O5S. The van der Waals surface area contributed by atoms with Gasteiger partial charge in [0.2, 0.25) is 15.9 Å². The highest BCUT2D eigenvalue weighted by atomic mass is 32.2. The van der Waals surface area contributed by atoms with Gasteiger partial charge in [-0.1, -0.05) is 54.6 Å². The van der Waals surface area contributed by atoms with E-state index in [2.05, 4.69) is 5.32 Å². The van der Waals surface area contributed by atoms with Gasteiger partial charge in [-0.3, -0.25) is 18.9 Å². The van der Waals surface area contributed by atoms with E-state index >= 15 is 0 Å². The molecule has 1 aliphatic heterocycles. The molecular weight excluding hydrogens is 466 g/mol. The summed E-state index contributed by atoms with van der Waals surface area (Å²) in [6.45, 7) is 1.34. The number of benzene rings is 3. The van der Waals surface area contributed by atoms with E-state index in [4.69, 9.17) is 9.73 Å². The van der Waals surface area contributed by atoms with Crippen LogP contribution in [0.4, 0.5) is 17.1 Å². The van der Waals surface area contributed by atoms with Crippen molar-refractivity contribution in [2.75, 3.05) is 29.0 Å². The molecule has 1 heterocycles. The van der Waals surface area contributed by atoms with Gasteiger partial charge in [0.1, 0.15) is 12.5 Å². The predicted octanol–water partition coefficient (Wildman–Crippen LogP) is 3.87. The average Bonchev–Trinajstić information content (AvgIpc) is 3.17. The second kappa shape index (κ2) is 10.1. The highest BCUT2D eigenvalue weighted by molar-refractivity contribution is 7.92. The minimum Gasteiger partial charge on any atom is -0.465 e. The number of rotatable bonds is 8. The number of nitrogens with zero attached hydrogens (tertiary/aromatic N) is 2. The van der Waals surface area contributed by atoms with Gasteiger partial charge in [-0.25, -0.2) is 8.42 Å². The molecule has 180 valence electrons. The summed E-state index contributed by atoms with van der Waals surface area (Å²) in [5, 5.41) is 2.91. The first-order valence-corrected chi connectivity index (χ1v) is 12.9. The van der Waals surface area contributed by atoms with Gasteiger partial charge in [0.25, 0.3) is 0 Å². The zero-order chi connectivity index (χ0) is 25.0. The molecule has 0 spiro atoms. The van der Waals surface area contributed by atoms with Crippen LogP contribution in [-0.4, -0.2) is 45.4 Å². The van der Waals surface area contributed by atoms with Gasteiger partial charge in [0.05, 0.1) is 29.9 Å². The van der Waals surface area contributed by atoms with Crippen molar-refractivity contribution < 1.29 is 22.7 Å². The largest absolute Gasteiger partial charge is 0.465 e. The third-order valence-corrected chi connectivity index (χ3v) is 6.62. The topological polar surface area (TPSA) is 105 Å². The molecule has 8 nitrogen and oxygen atoms in total. The maximum Gasteiger partial charge on any atom is 0.326 e. The lowest BCUT2D eigenvalue weighted by Crippen LogP contribution is -2.35. The summed E-state index contributed by atoms with van der Waals surface area (Å²) >= 11 is 0. The molecule has 35 heavy (non-hydrogen) atoms. The average molecular weight is 492 g/mol. The van der Waals surface area contributed by atoms with Crippen LogP contribution in [0.2, 0.25) is 0 Å². The maximum atomic E-state index is 13.0. The van der Waals surface area contributed by atoms with Crippen molar-refractivity contribution in [3.05, 3.63) is 90.0 Å². The Bertz CT molecular complexity index is 1390. The van der Waals surface area contributed by atoms with E-state index in [9.17, 15) is 18.0 Å². The van der Waals surface area contributed by atoms with E-state index in [1.54, 1.807) is 31.2 Å². The monoisotopic (exact) mass is 491 g/mol. The molecule has 0 aliphatic carbocycles. The Morgan fingerprint density at radius 2 is 1.74 bits per heavy atom. The molecule has 0 radical (unpaired) electrons. The van der Waals surface area contributed by atoms with Crippen LogP contribution < -0.4 is 9.62 Å². The first-order chi connectivity index (χ1) is 16.8. The van der Waals surface area contributed by atoms with Crippen molar-refractivity contribution in [1.82, 2.24) is 0 Å². The molecule has 4 rings (SSSR count). The Hall–Kier alpha value is -3.98. The third kappa shape index (κ3) is 5.41. The van der Waals surface area contributed by atoms with Gasteiger partial charge in [-0.05, 0) is 42.3 Å². The number of esters is 1. The smallest absolute Gasteiger partial charge is 0.326 e. The Morgan fingerprint density at radius 1 is 1.03 bits per heavy atom. The van der Waals surface area contributed by atoms with Gasteiger partial charge in [-0.15, -0.1) is 0 Å². The minimum absolute atomic E-state index is 0.145. The van der Waals surface area contributed by atoms with Gasteiger partial charge in [0, 0.05) is 5.69 Å². The molecule has 0 aromatic heterocycles. The van der Waals surface area contributed by atoms with E-state index in [1.165, 1.54) is 0 Å². The highest BCUT2D eigenvalue weighted by Gasteiger charge is 2.35. The summed E-state index contributed by atoms with van der Waals surface area (Å²) in [7, 11) is -3.77. The molecule has 0 bridgehead atoms. The fourth-order valence-electron chi connectivity index (χ4n) is 3.97. The SMILES string of the molecule is CCOC(=O)CN(c1cccc(N=C(c2ccccc2)C2C(=O)Nc3ccccc32)c1)S(C)(=O)=O. The van der Waals surface area contributed by atoms with Crippen LogP contribution in [0, 0.1) is 0 Å². The number of ether oxygens (including phenoxy) is 1. The molecule has 0 fully saturated rings. The standard InChI is InChI=1S/C26H25N3O5S/c1-3-34-23(30)17-29(35(2,32)33)20-13-9-12-19(16-20)27-25(18-10-5-4-6-11-18)24-21-14-7-8-15-22(21)28-26(24)31/h4-16,24H,3,17H2,1-2H3,(H,28,31). The minimum atomic E-state index is -3.77. The van der Waals surface area contributed by atoms with E-state index in [0.29, 0.717) is 11.4 Å². The predicted molar refractivity (Wildman–Crippen MR) is 136 cm³/mol. The summed E-state index contributed by atoms with van der Waals surface area (Å²) in [4.78, 5) is 29.9. The molecule has 1 N–H and O–H groups in total. The molecule has 0 saturated heterocycles. The van der Waals surface area contributed by atoms with Crippen LogP contribution in [0.5, 0.6) is 0 Å². The summed E-state index contributed by atoms with van der Waals surface area (Å²) in [5.41, 5.74) is 3.55. The lowest BCUT2D eigenvalue weighted by molar-refractivity contribution is -0.141. The lowest BCUT2D eigenvalue weighted by atomic mass is 9.90. The van der Waals surface area contributed by atoms with Crippen molar-refractivity contribution >= 4 is 44.7 Å². The first kappa shape index (κ1) is 24.2. The van der Waals surface area contributed by atoms with Crippen molar-refractivity contribution in [1.29, 1.82) is 0 Å².